The number of rotatable bonds is 10. The maximum Gasteiger partial charge on any atom is 0.459 e. The molecule has 2 unspecified atom stereocenters. The number of imide groups is 1. The van der Waals surface area contributed by atoms with E-state index in [1.807, 2.05) is 0 Å². The second-order valence-electron chi connectivity index (χ2n) is 9.58. The van der Waals surface area contributed by atoms with Gasteiger partial charge in [0.25, 0.3) is 5.91 Å². The first-order valence-electron chi connectivity index (χ1n) is 12.5. The van der Waals surface area contributed by atoms with Crippen molar-refractivity contribution in [3.8, 4) is 11.8 Å². The van der Waals surface area contributed by atoms with Gasteiger partial charge in [0.15, 0.2) is 0 Å². The van der Waals surface area contributed by atoms with Crippen LogP contribution in [0.5, 0.6) is 5.75 Å². The molecule has 1 aromatic heterocycles. The smallest absolute Gasteiger partial charge is 0.459 e. The number of carbonyl (C=O) groups is 3. The Balaban J connectivity index is 1.59. The molecule has 2 aliphatic rings. The zero-order chi connectivity index (χ0) is 29.9. The molecule has 0 bridgehead atoms. The number of aliphatic hydroxyl groups is 2. The van der Waals surface area contributed by atoms with E-state index < -0.39 is 68.2 Å². The monoisotopic (exact) mass is 589 g/mol. The van der Waals surface area contributed by atoms with Gasteiger partial charge in [-0.15, -0.1) is 0 Å². The summed E-state index contributed by atoms with van der Waals surface area (Å²) in [7, 11) is -4.38. The molecule has 1 saturated heterocycles. The van der Waals surface area contributed by atoms with E-state index in [1.54, 1.807) is 38.1 Å². The molecule has 41 heavy (non-hydrogen) atoms. The standard InChI is InChI=1S/C25H28N5O10P/c1-13(2)38-24(35)14(3)30-41(36,40-15-7-5-4-6-8-15)37-10-17-20(32)22(33)25(11-26,39-17)21-16-9-18(31)29-23(34)19(16)27-12-28-21/h4-8,12-14,17,20,22,32-33H,9-10H2,1-3H3,(H,30,36)(H,29,31,34)/t14?,17-,20-,22-,25+,41?/m1/s1. The van der Waals surface area contributed by atoms with Crippen LogP contribution in [-0.4, -0.2) is 75.0 Å². The average Bonchev–Trinajstić information content (AvgIpc) is 3.17. The van der Waals surface area contributed by atoms with Gasteiger partial charge in [0.05, 0.1) is 24.8 Å². The number of hydrogen-bond acceptors (Lipinski definition) is 13. The van der Waals surface area contributed by atoms with Crippen molar-refractivity contribution in [1.29, 1.82) is 5.26 Å². The number of aliphatic hydroxyl groups excluding tert-OH is 2. The van der Waals surface area contributed by atoms with E-state index in [0.717, 1.165) is 6.33 Å². The zero-order valence-electron chi connectivity index (χ0n) is 22.2. The summed E-state index contributed by atoms with van der Waals surface area (Å²) in [5.74, 6) is -2.11. The number of hydrogen-bond donors (Lipinski definition) is 4. The fraction of sp³-hybridized carbons (Fsp3) is 0.440. The van der Waals surface area contributed by atoms with Crippen molar-refractivity contribution < 1.29 is 47.7 Å². The lowest BCUT2D eigenvalue weighted by Crippen LogP contribution is -2.44. The van der Waals surface area contributed by atoms with Gasteiger partial charge in [0.2, 0.25) is 11.5 Å². The molecule has 0 spiro atoms. The largest absolute Gasteiger partial charge is 0.462 e. The minimum atomic E-state index is -4.38. The summed E-state index contributed by atoms with van der Waals surface area (Å²) in [5.41, 5.74) is -2.87. The molecule has 16 heteroatoms. The number of esters is 1. The minimum absolute atomic E-state index is 0.0483. The van der Waals surface area contributed by atoms with Gasteiger partial charge in [-0.25, -0.2) is 14.5 Å². The molecule has 2 amide bonds. The lowest BCUT2D eigenvalue weighted by molar-refractivity contribution is -0.149. The third kappa shape index (κ3) is 6.28. The molecule has 6 atom stereocenters. The maximum atomic E-state index is 13.8. The van der Waals surface area contributed by atoms with Gasteiger partial charge in [-0.3, -0.25) is 24.2 Å². The predicted molar refractivity (Wildman–Crippen MR) is 137 cm³/mol. The van der Waals surface area contributed by atoms with Crippen molar-refractivity contribution in [2.24, 2.45) is 0 Å². The Labute approximate surface area is 234 Å². The van der Waals surface area contributed by atoms with E-state index in [-0.39, 0.29) is 29.1 Å². The summed E-state index contributed by atoms with van der Waals surface area (Å²) in [6.07, 6.45) is -5.06. The van der Waals surface area contributed by atoms with Crippen LogP contribution in [0, 0.1) is 11.3 Å². The van der Waals surface area contributed by atoms with E-state index in [4.69, 9.17) is 18.5 Å². The minimum Gasteiger partial charge on any atom is -0.462 e. The van der Waals surface area contributed by atoms with E-state index in [0.29, 0.717) is 0 Å². The number of benzene rings is 1. The third-order valence-corrected chi connectivity index (χ3v) is 7.81. The molecule has 2 aliphatic heterocycles. The van der Waals surface area contributed by atoms with Gasteiger partial charge in [-0.05, 0) is 32.9 Å². The number of ether oxygens (including phenoxy) is 2. The Bertz CT molecular complexity index is 1420. The first-order valence-corrected chi connectivity index (χ1v) is 14.0. The highest BCUT2D eigenvalue weighted by Crippen LogP contribution is 2.47. The van der Waals surface area contributed by atoms with Crippen LogP contribution in [0.4, 0.5) is 0 Å². The van der Waals surface area contributed by atoms with Crippen LogP contribution < -0.4 is 14.9 Å². The van der Waals surface area contributed by atoms with Gasteiger partial charge in [0.1, 0.15) is 48.2 Å². The lowest BCUT2D eigenvalue weighted by Gasteiger charge is -2.28. The van der Waals surface area contributed by atoms with Crippen molar-refractivity contribution in [2.75, 3.05) is 6.61 Å². The van der Waals surface area contributed by atoms with Crippen LogP contribution in [0.25, 0.3) is 0 Å². The average molecular weight is 589 g/mol. The predicted octanol–water partition coefficient (Wildman–Crippen LogP) is 0.262. The molecule has 1 fully saturated rings. The van der Waals surface area contributed by atoms with E-state index in [1.165, 1.54) is 19.1 Å². The third-order valence-electron chi connectivity index (χ3n) is 6.16. The normalized spacial score (nSPS) is 25.9. The zero-order valence-corrected chi connectivity index (χ0v) is 23.1. The molecule has 4 rings (SSSR count). The molecular formula is C25H28N5O10P. The quantitative estimate of drug-likeness (QED) is 0.166. The molecule has 3 heterocycles. The number of fused-ring (bicyclic) bond motifs is 1. The fourth-order valence-electron chi connectivity index (χ4n) is 4.29. The van der Waals surface area contributed by atoms with Crippen LogP contribution in [-0.2, 0) is 40.2 Å². The number of amides is 2. The summed E-state index contributed by atoms with van der Waals surface area (Å²) in [6, 6.07) is 8.56. The number of nitriles is 1. The molecule has 4 N–H and O–H groups in total. The molecule has 15 nitrogen and oxygen atoms in total. The number of nitrogens with one attached hydrogen (secondary N) is 2. The number of para-hydroxylation sites is 1. The van der Waals surface area contributed by atoms with Crippen molar-refractivity contribution in [2.45, 2.75) is 63.3 Å². The molecule has 0 saturated carbocycles. The summed E-state index contributed by atoms with van der Waals surface area (Å²) >= 11 is 0. The first-order chi connectivity index (χ1) is 19.4. The van der Waals surface area contributed by atoms with Gasteiger partial charge in [-0.1, -0.05) is 18.2 Å². The Kier molecular flexibility index (Phi) is 8.83. The molecule has 0 aliphatic carbocycles. The highest BCUT2D eigenvalue weighted by atomic mass is 31.2. The van der Waals surface area contributed by atoms with Crippen LogP contribution in [0.1, 0.15) is 42.5 Å². The Hall–Kier alpha value is -3.77. The van der Waals surface area contributed by atoms with Crippen molar-refractivity contribution in [1.82, 2.24) is 20.4 Å². The maximum absolute atomic E-state index is 13.8. The van der Waals surface area contributed by atoms with Gasteiger partial charge < -0.3 is 24.2 Å². The van der Waals surface area contributed by atoms with E-state index >= 15 is 0 Å². The highest BCUT2D eigenvalue weighted by Gasteiger charge is 2.59. The van der Waals surface area contributed by atoms with Gasteiger partial charge >= 0.3 is 13.7 Å². The van der Waals surface area contributed by atoms with E-state index in [2.05, 4.69) is 20.4 Å². The summed E-state index contributed by atoms with van der Waals surface area (Å²) < 4.78 is 35.8. The summed E-state index contributed by atoms with van der Waals surface area (Å²) in [4.78, 5) is 44.5. The fourth-order valence-corrected chi connectivity index (χ4v) is 5.79. The lowest BCUT2D eigenvalue weighted by atomic mass is 9.87. The van der Waals surface area contributed by atoms with Crippen LogP contribution in [0.15, 0.2) is 36.7 Å². The SMILES string of the molecule is CC(C)OC(=O)C(C)NP(=O)(OC[C@H]1O[C@@](C#N)(c2ncnc3c2CC(=O)NC3=O)[C@H](O)[C@@H]1O)Oc1ccccc1. The Morgan fingerprint density at radius 2 is 1.98 bits per heavy atom. The summed E-state index contributed by atoms with van der Waals surface area (Å²) in [5, 5.41) is 36.5. The van der Waals surface area contributed by atoms with Crippen LogP contribution >= 0.6 is 7.75 Å². The van der Waals surface area contributed by atoms with Gasteiger partial charge in [-0.2, -0.15) is 10.3 Å². The first kappa shape index (κ1) is 30.2. The molecule has 0 radical (unpaired) electrons. The van der Waals surface area contributed by atoms with Crippen molar-refractivity contribution in [3.05, 3.63) is 53.6 Å². The number of nitrogens with zero attached hydrogens (tertiary/aromatic N) is 3. The second kappa shape index (κ2) is 12.0. The van der Waals surface area contributed by atoms with Crippen molar-refractivity contribution >= 4 is 25.5 Å². The molecular weight excluding hydrogens is 561 g/mol. The summed E-state index contributed by atoms with van der Waals surface area (Å²) in [6.45, 7) is 3.97. The topological polar surface area (TPSA) is 219 Å². The molecule has 2 aromatic rings. The van der Waals surface area contributed by atoms with E-state index in [9.17, 15) is 34.4 Å². The van der Waals surface area contributed by atoms with Crippen LogP contribution in [0.2, 0.25) is 0 Å². The Morgan fingerprint density at radius 3 is 2.63 bits per heavy atom. The second-order valence-corrected chi connectivity index (χ2v) is 11.3. The van der Waals surface area contributed by atoms with Crippen LogP contribution in [0.3, 0.4) is 0 Å². The van der Waals surface area contributed by atoms with Crippen molar-refractivity contribution in [3.63, 3.8) is 0 Å². The Morgan fingerprint density at radius 1 is 1.27 bits per heavy atom. The molecule has 1 aromatic carbocycles. The number of carbonyl (C=O) groups excluding carboxylic acids is 3. The van der Waals surface area contributed by atoms with Gasteiger partial charge in [0, 0.05) is 5.56 Å². The highest BCUT2D eigenvalue weighted by molar-refractivity contribution is 7.52. The number of aromatic nitrogens is 2. The molecule has 218 valence electrons.